The van der Waals surface area contributed by atoms with Crippen molar-refractivity contribution in [3.8, 4) is 0 Å². The smallest absolute Gasteiger partial charge is 0.336 e. The lowest BCUT2D eigenvalue weighted by Gasteiger charge is -2.40. The van der Waals surface area contributed by atoms with E-state index in [1.807, 2.05) is 0 Å². The normalized spacial score (nSPS) is 16.4. The van der Waals surface area contributed by atoms with Gasteiger partial charge in [-0.25, -0.2) is 13.2 Å². The number of anilines is 1. The summed E-state index contributed by atoms with van der Waals surface area (Å²) in [6, 6.07) is 13.5. The average molecular weight is 698 g/mol. The number of hydrogen-bond acceptors (Lipinski definition) is 9. The third-order valence-corrected chi connectivity index (χ3v) is 9.02. The van der Waals surface area contributed by atoms with Crippen molar-refractivity contribution in [3.63, 3.8) is 0 Å². The van der Waals surface area contributed by atoms with Gasteiger partial charge in [0.1, 0.15) is 0 Å². The van der Waals surface area contributed by atoms with Gasteiger partial charge in [-0.05, 0) is 54.2 Å². The lowest BCUT2D eigenvalue weighted by Crippen LogP contribution is -2.46. The average Bonchev–Trinajstić information content (AvgIpc) is 3.31. The summed E-state index contributed by atoms with van der Waals surface area (Å²) in [5.41, 5.74) is 0.805. The van der Waals surface area contributed by atoms with Crippen LogP contribution >= 0.6 is 11.6 Å². The van der Waals surface area contributed by atoms with E-state index < -0.39 is 46.4 Å². The van der Waals surface area contributed by atoms with Crippen molar-refractivity contribution in [3.05, 3.63) is 64.2 Å². The minimum Gasteiger partial charge on any atom is -0.481 e. The largest absolute Gasteiger partial charge is 0.481 e. The monoisotopic (exact) mass is 697 g/mol. The zero-order chi connectivity index (χ0) is 35.2. The second-order valence-corrected chi connectivity index (χ2v) is 14.2. The minimum absolute atomic E-state index is 0.0280. The number of halogens is 1. The highest BCUT2D eigenvalue weighted by molar-refractivity contribution is 7.92. The molecule has 1 fully saturated rings. The number of carboxylic acids is 3. The maximum Gasteiger partial charge on any atom is 0.336 e. The number of fused-ring (bicyclic) bond motifs is 2. The van der Waals surface area contributed by atoms with E-state index in [9.17, 15) is 27.6 Å². The molecule has 5 N–H and O–H groups in total. The summed E-state index contributed by atoms with van der Waals surface area (Å²) in [5, 5.41) is 34.3. The summed E-state index contributed by atoms with van der Waals surface area (Å²) in [6.45, 7) is 2.95. The maximum atomic E-state index is 13.1. The fourth-order valence-corrected chi connectivity index (χ4v) is 6.54. The van der Waals surface area contributed by atoms with Gasteiger partial charge in [-0.2, -0.15) is 0 Å². The number of likely N-dealkylation sites (tertiary alicyclic amines) is 1. The van der Waals surface area contributed by atoms with Crippen LogP contribution in [0.15, 0.2) is 42.5 Å². The highest BCUT2D eigenvalue weighted by atomic mass is 35.5. The standard InChI is InChI=1S/C25H32ClN3O4S.C6H8O7/c1-28(2)24(30)20(14-19-15-21(8-9-23(19)26)27-34(3,31)32)16-29-12-10-25(11-13-29)22-7-5-4-6-18(22)17-33-25;7-3(8)1-6(13,5(11)12)2-4(9)10/h4-9,15,20,27H,10-14,16-17H2,1-3H3;13H,1-2H2,(H,7,8)(H,9,10)(H,11,12). The Morgan fingerprint density at radius 1 is 1.04 bits per heavy atom. The molecule has 0 radical (unpaired) electrons. The predicted molar refractivity (Wildman–Crippen MR) is 171 cm³/mol. The molecule has 258 valence electrons. The van der Waals surface area contributed by atoms with E-state index in [0.717, 1.165) is 37.8 Å². The molecule has 0 saturated carbocycles. The predicted octanol–water partition coefficient (Wildman–Crippen LogP) is 2.23. The molecule has 1 unspecified atom stereocenters. The van der Waals surface area contributed by atoms with Crippen LogP contribution in [0.2, 0.25) is 5.02 Å². The molecule has 1 saturated heterocycles. The quantitative estimate of drug-likeness (QED) is 0.216. The van der Waals surface area contributed by atoms with Crippen molar-refractivity contribution in [2.24, 2.45) is 5.92 Å². The second-order valence-electron chi connectivity index (χ2n) is 12.0. The summed E-state index contributed by atoms with van der Waals surface area (Å²) in [7, 11) is 0.106. The van der Waals surface area contributed by atoms with Crippen molar-refractivity contribution >= 4 is 51.1 Å². The molecule has 4 rings (SSSR count). The summed E-state index contributed by atoms with van der Waals surface area (Å²) >= 11 is 6.44. The summed E-state index contributed by atoms with van der Waals surface area (Å²) in [6.07, 6.45) is 1.03. The van der Waals surface area contributed by atoms with E-state index in [1.54, 1.807) is 37.2 Å². The molecule has 16 heteroatoms. The number of carbonyl (C=O) groups is 4. The van der Waals surface area contributed by atoms with Gasteiger partial charge in [0, 0.05) is 44.4 Å². The molecule has 47 heavy (non-hydrogen) atoms. The van der Waals surface area contributed by atoms with Crippen molar-refractivity contribution in [2.75, 3.05) is 44.7 Å². The van der Waals surface area contributed by atoms with Crippen molar-refractivity contribution < 1.29 is 52.8 Å². The number of amides is 1. The van der Waals surface area contributed by atoms with E-state index in [0.29, 0.717) is 30.3 Å². The van der Waals surface area contributed by atoms with Gasteiger partial charge in [-0.3, -0.25) is 19.1 Å². The number of piperidine rings is 1. The van der Waals surface area contributed by atoms with Gasteiger partial charge in [-0.1, -0.05) is 35.9 Å². The first-order valence-corrected chi connectivity index (χ1v) is 16.9. The molecule has 1 spiro atoms. The van der Waals surface area contributed by atoms with Gasteiger partial charge >= 0.3 is 17.9 Å². The molecule has 1 atom stereocenters. The summed E-state index contributed by atoms with van der Waals surface area (Å²) in [4.78, 5) is 47.5. The number of carboxylic acid groups (broad SMARTS) is 3. The molecule has 1 amide bonds. The van der Waals surface area contributed by atoms with Crippen LogP contribution in [0.1, 0.15) is 42.4 Å². The molecule has 2 aliphatic rings. The lowest BCUT2D eigenvalue weighted by atomic mass is 9.83. The Hall–Kier alpha value is -3.76. The number of hydrogen-bond donors (Lipinski definition) is 5. The zero-order valence-corrected chi connectivity index (χ0v) is 27.9. The first kappa shape index (κ1) is 37.7. The highest BCUT2D eigenvalue weighted by Crippen LogP contribution is 2.44. The Balaban J connectivity index is 0.000000392. The maximum absolute atomic E-state index is 13.1. The Morgan fingerprint density at radius 2 is 1.64 bits per heavy atom. The Labute approximate surface area is 277 Å². The number of nitrogens with zero attached hydrogens (tertiary/aromatic N) is 2. The van der Waals surface area contributed by atoms with E-state index in [-0.39, 0.29) is 17.4 Å². The summed E-state index contributed by atoms with van der Waals surface area (Å²) in [5.74, 6) is -5.29. The van der Waals surface area contributed by atoms with E-state index in [2.05, 4.69) is 33.9 Å². The first-order chi connectivity index (χ1) is 21.8. The Morgan fingerprint density at radius 3 is 2.17 bits per heavy atom. The minimum atomic E-state index is -3.41. The van der Waals surface area contributed by atoms with Gasteiger partial charge in [0.05, 0.1) is 37.2 Å². The van der Waals surface area contributed by atoms with Crippen LogP contribution in [-0.2, 0) is 52.6 Å². The van der Waals surface area contributed by atoms with Gasteiger partial charge < -0.3 is 35.0 Å². The van der Waals surface area contributed by atoms with Crippen molar-refractivity contribution in [1.29, 1.82) is 0 Å². The fourth-order valence-electron chi connectivity index (χ4n) is 5.79. The van der Waals surface area contributed by atoms with Crippen LogP contribution in [0, 0.1) is 5.92 Å². The Kier molecular flexibility index (Phi) is 12.4. The molecular weight excluding hydrogens is 658 g/mol. The number of aliphatic hydroxyl groups is 1. The van der Waals surface area contributed by atoms with Crippen LogP contribution in [0.25, 0.3) is 0 Å². The SMILES string of the molecule is CN(C)C(=O)C(Cc1cc(NS(C)(=O)=O)ccc1Cl)CN1CCC2(CC1)OCc1ccccc12.O=C(O)CC(O)(CC(=O)O)C(=O)O. The van der Waals surface area contributed by atoms with E-state index in [4.69, 9.17) is 36.8 Å². The number of ether oxygens (including phenoxy) is 1. The van der Waals surface area contributed by atoms with Crippen LogP contribution < -0.4 is 4.72 Å². The molecule has 2 aliphatic heterocycles. The molecule has 0 aliphatic carbocycles. The Bertz CT molecular complexity index is 1570. The molecule has 2 aromatic rings. The number of benzene rings is 2. The fraction of sp³-hybridized carbons (Fsp3) is 0.484. The number of carbonyl (C=O) groups excluding carboxylic acids is 1. The van der Waals surface area contributed by atoms with Gasteiger partial charge in [0.15, 0.2) is 5.60 Å². The third-order valence-electron chi connectivity index (χ3n) is 8.05. The van der Waals surface area contributed by atoms with Crippen LogP contribution in [0.5, 0.6) is 0 Å². The van der Waals surface area contributed by atoms with E-state index in [1.165, 1.54) is 11.1 Å². The number of nitrogens with one attached hydrogen (secondary N) is 1. The van der Waals surface area contributed by atoms with Crippen molar-refractivity contribution in [1.82, 2.24) is 9.80 Å². The summed E-state index contributed by atoms with van der Waals surface area (Å²) < 4.78 is 32.0. The van der Waals surface area contributed by atoms with Crippen LogP contribution in [-0.4, -0.2) is 108 Å². The molecule has 0 aromatic heterocycles. The zero-order valence-electron chi connectivity index (χ0n) is 26.3. The second kappa shape index (κ2) is 15.4. The first-order valence-electron chi connectivity index (χ1n) is 14.7. The number of aliphatic carboxylic acids is 3. The molecule has 0 bridgehead atoms. The number of sulfonamides is 1. The molecular formula is C31H40ClN3O11S. The van der Waals surface area contributed by atoms with Gasteiger partial charge in [0.25, 0.3) is 0 Å². The molecule has 2 aromatic carbocycles. The lowest BCUT2D eigenvalue weighted by molar-refractivity contribution is -0.170. The van der Waals surface area contributed by atoms with Crippen molar-refractivity contribution in [2.45, 2.75) is 49.9 Å². The highest BCUT2D eigenvalue weighted by Gasteiger charge is 2.43. The third kappa shape index (κ3) is 10.4. The molecule has 14 nitrogen and oxygen atoms in total. The van der Waals surface area contributed by atoms with Gasteiger partial charge in [0.2, 0.25) is 15.9 Å². The van der Waals surface area contributed by atoms with E-state index >= 15 is 0 Å². The van der Waals surface area contributed by atoms with Crippen LogP contribution in [0.4, 0.5) is 5.69 Å². The number of rotatable bonds is 12. The topological polar surface area (TPSA) is 211 Å². The molecule has 2 heterocycles. The van der Waals surface area contributed by atoms with Gasteiger partial charge in [-0.15, -0.1) is 0 Å². The van der Waals surface area contributed by atoms with Crippen LogP contribution in [0.3, 0.4) is 0 Å².